The highest BCUT2D eigenvalue weighted by molar-refractivity contribution is 7.99. The van der Waals surface area contributed by atoms with Crippen LogP contribution in [0.15, 0.2) is 0 Å². The van der Waals surface area contributed by atoms with Gasteiger partial charge in [-0.25, -0.2) is 4.79 Å². The Morgan fingerprint density at radius 1 is 1.44 bits per heavy atom. The maximum Gasteiger partial charge on any atom is 0.315 e. The Morgan fingerprint density at radius 2 is 2.17 bits per heavy atom. The summed E-state index contributed by atoms with van der Waals surface area (Å²) in [6.45, 7) is 3.89. The number of thioether (sulfide) groups is 1. The van der Waals surface area contributed by atoms with Crippen molar-refractivity contribution in [2.45, 2.75) is 44.4 Å². The molecule has 0 spiro atoms. The molecule has 104 valence electrons. The van der Waals surface area contributed by atoms with E-state index in [2.05, 4.69) is 17.6 Å². The van der Waals surface area contributed by atoms with Crippen LogP contribution in [0.25, 0.3) is 0 Å². The highest BCUT2D eigenvalue weighted by Crippen LogP contribution is 2.29. The highest BCUT2D eigenvalue weighted by Gasteiger charge is 2.25. The molecule has 1 fully saturated rings. The fourth-order valence-electron chi connectivity index (χ4n) is 2.03. The number of hydrogen-bond donors (Lipinski definition) is 3. The quantitative estimate of drug-likeness (QED) is 0.688. The molecule has 6 heteroatoms. The minimum absolute atomic E-state index is 0.168. The van der Waals surface area contributed by atoms with Crippen molar-refractivity contribution in [2.24, 2.45) is 5.92 Å². The summed E-state index contributed by atoms with van der Waals surface area (Å²) in [4.78, 5) is 22.2. The predicted octanol–water partition coefficient (Wildman–Crippen LogP) is 1.68. The molecule has 3 N–H and O–H groups in total. The fraction of sp³-hybridized carbons (Fsp3) is 0.833. The molecule has 1 aliphatic rings. The minimum Gasteiger partial charge on any atom is -0.481 e. The van der Waals surface area contributed by atoms with Crippen molar-refractivity contribution in [2.75, 3.05) is 12.3 Å². The number of aliphatic carboxylic acids is 1. The lowest BCUT2D eigenvalue weighted by Gasteiger charge is -2.15. The van der Waals surface area contributed by atoms with E-state index in [4.69, 9.17) is 5.11 Å². The van der Waals surface area contributed by atoms with Crippen LogP contribution in [0.3, 0.4) is 0 Å². The molecule has 1 aliphatic carbocycles. The SMILES string of the molecule is CCSC1CCC(NC(=O)NCC(C)C(=O)O)C1. The van der Waals surface area contributed by atoms with Crippen LogP contribution in [0.5, 0.6) is 0 Å². The van der Waals surface area contributed by atoms with Crippen LogP contribution < -0.4 is 10.6 Å². The number of rotatable bonds is 6. The first-order chi connectivity index (χ1) is 8.52. The number of urea groups is 1. The number of amides is 2. The maximum absolute atomic E-state index is 11.6. The molecule has 0 aromatic heterocycles. The van der Waals surface area contributed by atoms with Crippen LogP contribution in [-0.2, 0) is 4.79 Å². The highest BCUT2D eigenvalue weighted by atomic mass is 32.2. The Morgan fingerprint density at radius 3 is 2.78 bits per heavy atom. The third-order valence-corrected chi connectivity index (χ3v) is 4.35. The maximum atomic E-state index is 11.6. The van der Waals surface area contributed by atoms with Gasteiger partial charge in [0.2, 0.25) is 0 Å². The van der Waals surface area contributed by atoms with Gasteiger partial charge in [0.1, 0.15) is 0 Å². The topological polar surface area (TPSA) is 78.4 Å². The van der Waals surface area contributed by atoms with Gasteiger partial charge in [0, 0.05) is 17.8 Å². The Labute approximate surface area is 112 Å². The molecule has 0 bridgehead atoms. The number of carboxylic acids is 1. The molecule has 0 saturated heterocycles. The van der Waals surface area contributed by atoms with Gasteiger partial charge in [-0.3, -0.25) is 4.79 Å². The van der Waals surface area contributed by atoms with Gasteiger partial charge in [0.05, 0.1) is 5.92 Å². The van der Waals surface area contributed by atoms with Crippen molar-refractivity contribution in [3.8, 4) is 0 Å². The van der Waals surface area contributed by atoms with E-state index >= 15 is 0 Å². The van der Waals surface area contributed by atoms with Crippen LogP contribution in [0.2, 0.25) is 0 Å². The molecule has 2 amide bonds. The molecule has 1 rings (SSSR count). The number of hydrogen-bond acceptors (Lipinski definition) is 3. The second kappa shape index (κ2) is 7.51. The smallest absolute Gasteiger partial charge is 0.315 e. The van der Waals surface area contributed by atoms with Crippen LogP contribution in [0.4, 0.5) is 4.79 Å². The van der Waals surface area contributed by atoms with Gasteiger partial charge in [-0.1, -0.05) is 13.8 Å². The van der Waals surface area contributed by atoms with Crippen molar-refractivity contribution in [3.63, 3.8) is 0 Å². The largest absolute Gasteiger partial charge is 0.481 e. The third-order valence-electron chi connectivity index (χ3n) is 3.11. The van der Waals surface area contributed by atoms with E-state index in [0.29, 0.717) is 5.25 Å². The molecule has 3 atom stereocenters. The summed E-state index contributed by atoms with van der Waals surface area (Å²) in [5.74, 6) is -0.335. The van der Waals surface area contributed by atoms with Gasteiger partial charge in [0.25, 0.3) is 0 Å². The van der Waals surface area contributed by atoms with Crippen molar-refractivity contribution in [1.29, 1.82) is 0 Å². The lowest BCUT2D eigenvalue weighted by atomic mass is 10.2. The van der Waals surface area contributed by atoms with Crippen molar-refractivity contribution in [1.82, 2.24) is 10.6 Å². The lowest BCUT2D eigenvalue weighted by molar-refractivity contribution is -0.140. The Balaban J connectivity index is 2.19. The fourth-order valence-corrected chi connectivity index (χ4v) is 3.17. The Hall–Kier alpha value is -0.910. The average Bonchev–Trinajstić information content (AvgIpc) is 2.73. The van der Waals surface area contributed by atoms with E-state index < -0.39 is 11.9 Å². The first-order valence-electron chi connectivity index (χ1n) is 6.41. The monoisotopic (exact) mass is 274 g/mol. The molecule has 0 heterocycles. The molecule has 1 saturated carbocycles. The zero-order chi connectivity index (χ0) is 13.5. The summed E-state index contributed by atoms with van der Waals surface area (Å²) in [5, 5.41) is 14.9. The molecule has 3 unspecified atom stereocenters. The van der Waals surface area contributed by atoms with E-state index in [0.717, 1.165) is 25.0 Å². The van der Waals surface area contributed by atoms with Crippen LogP contribution >= 0.6 is 11.8 Å². The minimum atomic E-state index is -0.893. The molecular formula is C12H22N2O3S. The summed E-state index contributed by atoms with van der Waals surface area (Å²) in [6.07, 6.45) is 3.18. The molecule has 0 aliphatic heterocycles. The van der Waals surface area contributed by atoms with Gasteiger partial charge in [-0.2, -0.15) is 11.8 Å². The first-order valence-corrected chi connectivity index (χ1v) is 7.46. The molecule has 18 heavy (non-hydrogen) atoms. The van der Waals surface area contributed by atoms with Crippen LogP contribution in [0, 0.1) is 5.92 Å². The lowest BCUT2D eigenvalue weighted by Crippen LogP contribution is -2.43. The van der Waals surface area contributed by atoms with E-state index in [-0.39, 0.29) is 18.6 Å². The zero-order valence-electron chi connectivity index (χ0n) is 10.9. The molecule has 0 aromatic carbocycles. The van der Waals surface area contributed by atoms with E-state index in [1.165, 1.54) is 0 Å². The summed E-state index contributed by atoms with van der Waals surface area (Å²) in [6, 6.07) is -0.0237. The molecule has 0 aromatic rings. The summed E-state index contributed by atoms with van der Waals surface area (Å²) in [7, 11) is 0. The van der Waals surface area contributed by atoms with Gasteiger partial charge >= 0.3 is 12.0 Å². The van der Waals surface area contributed by atoms with E-state index in [9.17, 15) is 9.59 Å². The Kier molecular flexibility index (Phi) is 6.32. The molecule has 5 nitrogen and oxygen atoms in total. The standard InChI is InChI=1S/C12H22N2O3S/c1-3-18-10-5-4-9(6-10)14-12(17)13-7-8(2)11(15)16/h8-10H,3-7H2,1-2H3,(H,15,16)(H2,13,14,17). The Bertz CT molecular complexity index is 299. The van der Waals surface area contributed by atoms with Gasteiger partial charge < -0.3 is 15.7 Å². The number of carbonyl (C=O) groups is 2. The summed E-state index contributed by atoms with van der Waals surface area (Å²) in [5.41, 5.74) is 0. The zero-order valence-corrected chi connectivity index (χ0v) is 11.8. The number of carbonyl (C=O) groups excluding carboxylic acids is 1. The molecular weight excluding hydrogens is 252 g/mol. The first kappa shape index (κ1) is 15.1. The van der Waals surface area contributed by atoms with Gasteiger partial charge in [-0.05, 0) is 25.0 Å². The second-order valence-corrected chi connectivity index (χ2v) is 6.26. The van der Waals surface area contributed by atoms with Crippen molar-refractivity contribution in [3.05, 3.63) is 0 Å². The van der Waals surface area contributed by atoms with Gasteiger partial charge in [0.15, 0.2) is 0 Å². The number of nitrogens with one attached hydrogen (secondary N) is 2. The third kappa shape index (κ3) is 5.16. The van der Waals surface area contributed by atoms with Crippen molar-refractivity contribution >= 4 is 23.8 Å². The van der Waals surface area contributed by atoms with Gasteiger partial charge in [-0.15, -0.1) is 0 Å². The summed E-state index contributed by atoms with van der Waals surface area (Å²) >= 11 is 1.94. The normalized spacial score (nSPS) is 24.6. The molecule has 0 radical (unpaired) electrons. The average molecular weight is 274 g/mol. The van der Waals surface area contributed by atoms with Crippen LogP contribution in [0.1, 0.15) is 33.1 Å². The van der Waals surface area contributed by atoms with Crippen molar-refractivity contribution < 1.29 is 14.7 Å². The number of carboxylic acid groups (broad SMARTS) is 1. The summed E-state index contributed by atoms with van der Waals surface area (Å²) < 4.78 is 0. The van der Waals surface area contributed by atoms with E-state index in [1.54, 1.807) is 6.92 Å². The van der Waals surface area contributed by atoms with E-state index in [1.807, 2.05) is 11.8 Å². The predicted molar refractivity (Wildman–Crippen MR) is 72.9 cm³/mol. The van der Waals surface area contributed by atoms with Crippen LogP contribution in [-0.4, -0.2) is 40.7 Å². The second-order valence-electron chi connectivity index (χ2n) is 4.68.